The summed E-state index contributed by atoms with van der Waals surface area (Å²) in [6.07, 6.45) is 2.68. The first kappa shape index (κ1) is 11.9. The van der Waals surface area contributed by atoms with E-state index in [9.17, 15) is 0 Å². The average molecular weight is 229 g/mol. The number of nitriles is 1. The Balaban J connectivity index is 1.87. The first-order valence-electron chi connectivity index (χ1n) is 6.15. The van der Waals surface area contributed by atoms with Crippen LogP contribution in [0.1, 0.15) is 24.0 Å². The van der Waals surface area contributed by atoms with Crippen molar-refractivity contribution in [1.82, 2.24) is 4.90 Å². The SMILES string of the molecule is Cc1ccc(NCCN(C)C2CC2)c(C#N)c1. The second-order valence-electron chi connectivity index (χ2n) is 4.80. The average Bonchev–Trinajstić information content (AvgIpc) is 3.14. The number of hydrogen-bond donors (Lipinski definition) is 1. The van der Waals surface area contributed by atoms with Gasteiger partial charge < -0.3 is 10.2 Å². The predicted octanol–water partition coefficient (Wildman–Crippen LogP) is 2.37. The number of hydrogen-bond acceptors (Lipinski definition) is 3. The maximum Gasteiger partial charge on any atom is 0.101 e. The molecule has 0 saturated heterocycles. The van der Waals surface area contributed by atoms with E-state index in [4.69, 9.17) is 5.26 Å². The summed E-state index contributed by atoms with van der Waals surface area (Å²) in [6.45, 7) is 3.93. The van der Waals surface area contributed by atoms with E-state index >= 15 is 0 Å². The van der Waals surface area contributed by atoms with Crippen molar-refractivity contribution in [3.63, 3.8) is 0 Å². The molecule has 17 heavy (non-hydrogen) atoms. The maximum absolute atomic E-state index is 9.05. The summed E-state index contributed by atoms with van der Waals surface area (Å²) < 4.78 is 0. The number of rotatable bonds is 5. The highest BCUT2D eigenvalue weighted by molar-refractivity contribution is 5.58. The van der Waals surface area contributed by atoms with E-state index in [2.05, 4.69) is 23.3 Å². The lowest BCUT2D eigenvalue weighted by Crippen LogP contribution is -2.27. The molecule has 1 N–H and O–H groups in total. The number of nitrogens with zero attached hydrogens (tertiary/aromatic N) is 2. The molecule has 0 spiro atoms. The third kappa shape index (κ3) is 3.21. The maximum atomic E-state index is 9.05. The predicted molar refractivity (Wildman–Crippen MR) is 70.0 cm³/mol. The van der Waals surface area contributed by atoms with Gasteiger partial charge in [-0.2, -0.15) is 5.26 Å². The highest BCUT2D eigenvalue weighted by Crippen LogP contribution is 2.24. The van der Waals surface area contributed by atoms with Gasteiger partial charge in [0.2, 0.25) is 0 Å². The van der Waals surface area contributed by atoms with E-state index in [0.717, 1.165) is 35.9 Å². The lowest BCUT2D eigenvalue weighted by atomic mass is 10.1. The van der Waals surface area contributed by atoms with E-state index < -0.39 is 0 Å². The Hall–Kier alpha value is -1.53. The number of nitrogens with one attached hydrogen (secondary N) is 1. The molecule has 0 aromatic heterocycles. The van der Waals surface area contributed by atoms with Crippen LogP contribution in [0.2, 0.25) is 0 Å². The van der Waals surface area contributed by atoms with Gasteiger partial charge in [-0.05, 0) is 44.5 Å². The fourth-order valence-electron chi connectivity index (χ4n) is 1.97. The summed E-state index contributed by atoms with van der Waals surface area (Å²) in [5.74, 6) is 0. The van der Waals surface area contributed by atoms with Crippen LogP contribution in [-0.2, 0) is 0 Å². The Morgan fingerprint density at radius 3 is 2.88 bits per heavy atom. The quantitative estimate of drug-likeness (QED) is 0.842. The summed E-state index contributed by atoms with van der Waals surface area (Å²) in [6, 6.07) is 8.98. The molecule has 0 aliphatic heterocycles. The van der Waals surface area contributed by atoms with Crippen molar-refractivity contribution < 1.29 is 0 Å². The van der Waals surface area contributed by atoms with E-state index in [-0.39, 0.29) is 0 Å². The smallest absolute Gasteiger partial charge is 0.101 e. The fourth-order valence-corrected chi connectivity index (χ4v) is 1.97. The molecule has 3 heteroatoms. The lowest BCUT2D eigenvalue weighted by molar-refractivity contribution is 0.337. The molecule has 1 aromatic carbocycles. The van der Waals surface area contributed by atoms with Crippen molar-refractivity contribution in [1.29, 1.82) is 5.26 Å². The number of likely N-dealkylation sites (N-methyl/N-ethyl adjacent to an activating group) is 1. The van der Waals surface area contributed by atoms with Gasteiger partial charge in [0.15, 0.2) is 0 Å². The minimum atomic E-state index is 0.735. The monoisotopic (exact) mass is 229 g/mol. The van der Waals surface area contributed by atoms with Crippen LogP contribution >= 0.6 is 0 Å². The third-order valence-electron chi connectivity index (χ3n) is 3.25. The van der Waals surface area contributed by atoms with Crippen LogP contribution in [0.3, 0.4) is 0 Å². The Morgan fingerprint density at radius 1 is 1.47 bits per heavy atom. The van der Waals surface area contributed by atoms with Crippen LogP contribution in [0.4, 0.5) is 5.69 Å². The molecule has 0 unspecified atom stereocenters. The van der Waals surface area contributed by atoms with Crippen molar-refractivity contribution in [2.24, 2.45) is 0 Å². The standard InChI is InChI=1S/C14H19N3/c1-11-3-6-14(12(9-11)10-15)16-7-8-17(2)13-4-5-13/h3,6,9,13,16H,4-5,7-8H2,1-2H3. The third-order valence-corrected chi connectivity index (χ3v) is 3.25. The molecule has 0 bridgehead atoms. The highest BCUT2D eigenvalue weighted by Gasteiger charge is 2.25. The van der Waals surface area contributed by atoms with Crippen molar-refractivity contribution in [3.8, 4) is 6.07 Å². The Labute approximate surface area is 103 Å². The van der Waals surface area contributed by atoms with Gasteiger partial charge >= 0.3 is 0 Å². The van der Waals surface area contributed by atoms with Crippen LogP contribution in [0.25, 0.3) is 0 Å². The van der Waals surface area contributed by atoms with Crippen LogP contribution in [0.5, 0.6) is 0 Å². The minimum Gasteiger partial charge on any atom is -0.383 e. The molecule has 0 amide bonds. The van der Waals surface area contributed by atoms with Crippen molar-refractivity contribution in [2.75, 3.05) is 25.5 Å². The topological polar surface area (TPSA) is 39.1 Å². The van der Waals surface area contributed by atoms with Crippen LogP contribution in [0.15, 0.2) is 18.2 Å². The van der Waals surface area contributed by atoms with Gasteiger partial charge in [0.1, 0.15) is 6.07 Å². The van der Waals surface area contributed by atoms with Gasteiger partial charge in [0.05, 0.1) is 11.3 Å². The zero-order valence-electron chi connectivity index (χ0n) is 10.5. The summed E-state index contributed by atoms with van der Waals surface area (Å²) >= 11 is 0. The molecule has 1 aliphatic rings. The van der Waals surface area contributed by atoms with Crippen molar-refractivity contribution in [2.45, 2.75) is 25.8 Å². The molecule has 90 valence electrons. The van der Waals surface area contributed by atoms with Gasteiger partial charge in [-0.1, -0.05) is 6.07 Å². The van der Waals surface area contributed by atoms with Gasteiger partial charge in [-0.15, -0.1) is 0 Å². The van der Waals surface area contributed by atoms with E-state index in [1.807, 2.05) is 25.1 Å². The number of aryl methyl sites for hydroxylation is 1. The largest absolute Gasteiger partial charge is 0.383 e. The molecule has 0 heterocycles. The Kier molecular flexibility index (Phi) is 3.65. The molecule has 1 fully saturated rings. The number of anilines is 1. The lowest BCUT2D eigenvalue weighted by Gasteiger charge is -2.16. The van der Waals surface area contributed by atoms with Crippen molar-refractivity contribution in [3.05, 3.63) is 29.3 Å². The molecular weight excluding hydrogens is 210 g/mol. The first-order valence-corrected chi connectivity index (χ1v) is 6.15. The van der Waals surface area contributed by atoms with Gasteiger partial charge in [0, 0.05) is 19.1 Å². The molecule has 3 nitrogen and oxygen atoms in total. The summed E-state index contributed by atoms with van der Waals surface area (Å²) in [4.78, 5) is 2.38. The molecule has 1 saturated carbocycles. The molecule has 0 atom stereocenters. The van der Waals surface area contributed by atoms with E-state index in [0.29, 0.717) is 0 Å². The summed E-state index contributed by atoms with van der Waals surface area (Å²) in [5.41, 5.74) is 2.81. The molecular formula is C14H19N3. The zero-order chi connectivity index (χ0) is 12.3. The second kappa shape index (κ2) is 5.20. The normalized spacial score (nSPS) is 14.7. The van der Waals surface area contributed by atoms with Crippen molar-refractivity contribution >= 4 is 5.69 Å². The molecule has 2 rings (SSSR count). The molecule has 0 radical (unpaired) electrons. The van der Waals surface area contributed by atoms with Gasteiger partial charge in [-0.25, -0.2) is 0 Å². The van der Waals surface area contributed by atoms with E-state index in [1.54, 1.807) is 0 Å². The molecule has 1 aromatic rings. The zero-order valence-corrected chi connectivity index (χ0v) is 10.5. The highest BCUT2D eigenvalue weighted by atomic mass is 15.2. The molecule has 1 aliphatic carbocycles. The van der Waals surface area contributed by atoms with E-state index in [1.165, 1.54) is 12.8 Å². The second-order valence-corrected chi connectivity index (χ2v) is 4.80. The minimum absolute atomic E-state index is 0.735. The Bertz CT molecular complexity index is 430. The van der Waals surface area contributed by atoms with Crippen LogP contribution < -0.4 is 5.32 Å². The van der Waals surface area contributed by atoms with Gasteiger partial charge in [0.25, 0.3) is 0 Å². The number of benzene rings is 1. The first-order chi connectivity index (χ1) is 8.20. The summed E-state index contributed by atoms with van der Waals surface area (Å²) in [5, 5.41) is 12.4. The van der Waals surface area contributed by atoms with Crippen LogP contribution in [0, 0.1) is 18.3 Å². The van der Waals surface area contributed by atoms with Crippen LogP contribution in [-0.4, -0.2) is 31.1 Å². The summed E-state index contributed by atoms with van der Waals surface area (Å²) in [7, 11) is 2.17. The fraction of sp³-hybridized carbons (Fsp3) is 0.500. The van der Waals surface area contributed by atoms with Gasteiger partial charge in [-0.3, -0.25) is 0 Å². The Morgan fingerprint density at radius 2 is 2.24 bits per heavy atom.